The number of hydrogen-bond acceptors (Lipinski definition) is 4. The molecule has 3 heterocycles. The molecule has 10 heavy (non-hydrogen) atoms. The Bertz CT molecular complexity index is 117. The third kappa shape index (κ3) is 0.845. The number of rotatable bonds is 0. The van der Waals surface area contributed by atoms with Gasteiger partial charge in [-0.05, 0) is 0 Å². The smallest absolute Gasteiger partial charge is 0.280 e. The van der Waals surface area contributed by atoms with Crippen LogP contribution in [0, 0.1) is 0 Å². The Morgan fingerprint density at radius 3 is 1.80 bits per heavy atom. The molecule has 0 aromatic rings. The van der Waals surface area contributed by atoms with Crippen LogP contribution in [0.3, 0.4) is 0 Å². The lowest BCUT2D eigenvalue weighted by Crippen LogP contribution is -2.67. The maximum absolute atomic E-state index is 5.78. The minimum absolute atomic E-state index is 0.405. The summed E-state index contributed by atoms with van der Waals surface area (Å²) in [6.07, 6.45) is 0. The summed E-state index contributed by atoms with van der Waals surface area (Å²) in [5, 5.41) is 0. The zero-order valence-electron chi connectivity index (χ0n) is 5.92. The minimum Gasteiger partial charge on any atom is -0.326 e. The fraction of sp³-hybridized carbons (Fsp3) is 1.00. The molecule has 0 aliphatic carbocycles. The van der Waals surface area contributed by atoms with Gasteiger partial charge in [-0.1, -0.05) is 0 Å². The van der Waals surface area contributed by atoms with Crippen molar-refractivity contribution in [3.05, 3.63) is 0 Å². The summed E-state index contributed by atoms with van der Waals surface area (Å²) in [6.45, 7) is 3.35. The first-order valence-electron chi connectivity index (χ1n) is 3.33. The molecule has 2 N–H and O–H groups in total. The molecule has 0 radical (unpaired) electrons. The standard InChI is InChI=1S/C6H11NO3/c1-5-8-2-6(7,3-9-5)4-10-5/h2-4,7H2,1H3. The van der Waals surface area contributed by atoms with Crippen LogP contribution >= 0.6 is 0 Å². The van der Waals surface area contributed by atoms with E-state index in [2.05, 4.69) is 0 Å². The number of ether oxygens (including phenoxy) is 3. The van der Waals surface area contributed by atoms with Gasteiger partial charge in [0, 0.05) is 6.92 Å². The second kappa shape index (κ2) is 1.71. The number of nitrogens with two attached hydrogens (primary N) is 1. The Kier molecular flexibility index (Phi) is 1.12. The molecule has 0 aromatic heterocycles. The molecule has 3 saturated heterocycles. The van der Waals surface area contributed by atoms with Gasteiger partial charge in [0.1, 0.15) is 0 Å². The first-order chi connectivity index (χ1) is 4.62. The van der Waals surface area contributed by atoms with E-state index in [4.69, 9.17) is 19.9 Å². The van der Waals surface area contributed by atoms with Crippen molar-refractivity contribution in [2.75, 3.05) is 19.8 Å². The van der Waals surface area contributed by atoms with Gasteiger partial charge in [-0.15, -0.1) is 0 Å². The van der Waals surface area contributed by atoms with Crippen molar-refractivity contribution in [3.63, 3.8) is 0 Å². The van der Waals surface area contributed by atoms with Crippen molar-refractivity contribution in [2.45, 2.75) is 18.4 Å². The van der Waals surface area contributed by atoms with E-state index in [0.29, 0.717) is 19.8 Å². The topological polar surface area (TPSA) is 53.7 Å². The first-order valence-corrected chi connectivity index (χ1v) is 3.33. The lowest BCUT2D eigenvalue weighted by molar-refractivity contribution is -0.442. The van der Waals surface area contributed by atoms with E-state index in [1.165, 1.54) is 0 Å². The summed E-state index contributed by atoms with van der Waals surface area (Å²) in [7, 11) is 0. The molecular formula is C6H11NO3. The number of fused-ring (bicyclic) bond motifs is 3. The zero-order chi connectivity index (χ0) is 7.24. The minimum atomic E-state index is -0.818. The summed E-state index contributed by atoms with van der Waals surface area (Å²) < 4.78 is 15.6. The molecule has 0 aromatic carbocycles. The van der Waals surface area contributed by atoms with Gasteiger partial charge in [0.05, 0.1) is 25.4 Å². The molecule has 4 nitrogen and oxygen atoms in total. The lowest BCUT2D eigenvalue weighted by Gasteiger charge is -2.48. The van der Waals surface area contributed by atoms with E-state index in [1.807, 2.05) is 0 Å². The van der Waals surface area contributed by atoms with Crippen molar-refractivity contribution in [1.29, 1.82) is 0 Å². The third-order valence-corrected chi connectivity index (χ3v) is 1.87. The maximum Gasteiger partial charge on any atom is 0.280 e. The van der Waals surface area contributed by atoms with Crippen LogP contribution in [0.1, 0.15) is 6.92 Å². The van der Waals surface area contributed by atoms with Gasteiger partial charge in [0.25, 0.3) is 5.97 Å². The summed E-state index contributed by atoms with van der Waals surface area (Å²) in [4.78, 5) is 0. The maximum atomic E-state index is 5.78. The quantitative estimate of drug-likeness (QED) is 0.496. The fourth-order valence-corrected chi connectivity index (χ4v) is 1.07. The molecule has 3 fully saturated rings. The molecular weight excluding hydrogens is 134 g/mol. The van der Waals surface area contributed by atoms with Crippen LogP contribution in [0.5, 0.6) is 0 Å². The van der Waals surface area contributed by atoms with Crippen LogP contribution < -0.4 is 5.73 Å². The Morgan fingerprint density at radius 2 is 1.50 bits per heavy atom. The molecule has 0 saturated carbocycles. The highest BCUT2D eigenvalue weighted by Crippen LogP contribution is 2.30. The lowest BCUT2D eigenvalue weighted by atomic mass is 10.0. The van der Waals surface area contributed by atoms with Gasteiger partial charge < -0.3 is 19.9 Å². The van der Waals surface area contributed by atoms with Crippen molar-refractivity contribution in [2.24, 2.45) is 5.73 Å². The average Bonchev–Trinajstić information content (AvgIpc) is 1.93. The van der Waals surface area contributed by atoms with Crippen molar-refractivity contribution < 1.29 is 14.2 Å². The Balaban J connectivity index is 2.16. The Labute approximate surface area is 59.2 Å². The summed E-state index contributed by atoms with van der Waals surface area (Å²) >= 11 is 0. The van der Waals surface area contributed by atoms with E-state index in [-0.39, 0.29) is 0 Å². The second-order valence-corrected chi connectivity index (χ2v) is 3.09. The van der Waals surface area contributed by atoms with Gasteiger partial charge in [0.15, 0.2) is 0 Å². The Morgan fingerprint density at radius 1 is 1.10 bits per heavy atom. The molecule has 2 bridgehead atoms. The van der Waals surface area contributed by atoms with Crippen LogP contribution in [0.4, 0.5) is 0 Å². The van der Waals surface area contributed by atoms with Crippen molar-refractivity contribution in [3.8, 4) is 0 Å². The summed E-state index contributed by atoms with van der Waals surface area (Å²) in [6, 6.07) is 0. The molecule has 58 valence electrons. The van der Waals surface area contributed by atoms with E-state index in [0.717, 1.165) is 0 Å². The molecule has 0 spiro atoms. The molecule has 0 amide bonds. The highest BCUT2D eigenvalue weighted by atomic mass is 16.9. The van der Waals surface area contributed by atoms with Crippen LogP contribution in [0.25, 0.3) is 0 Å². The molecule has 3 aliphatic rings. The normalized spacial score (nSPS) is 53.4. The van der Waals surface area contributed by atoms with Crippen LogP contribution in [-0.4, -0.2) is 31.3 Å². The van der Waals surface area contributed by atoms with E-state index in [9.17, 15) is 0 Å². The SMILES string of the molecule is CC12OCC(N)(CO1)CO2. The molecule has 3 rings (SSSR count). The van der Waals surface area contributed by atoms with Crippen LogP contribution in [-0.2, 0) is 14.2 Å². The van der Waals surface area contributed by atoms with Gasteiger partial charge in [0.2, 0.25) is 0 Å². The number of hydrogen-bond donors (Lipinski definition) is 1. The third-order valence-electron chi connectivity index (χ3n) is 1.87. The van der Waals surface area contributed by atoms with Gasteiger partial charge >= 0.3 is 0 Å². The summed E-state index contributed by atoms with van der Waals surface area (Å²) in [5.41, 5.74) is 5.38. The summed E-state index contributed by atoms with van der Waals surface area (Å²) in [5.74, 6) is -0.818. The van der Waals surface area contributed by atoms with Crippen LogP contribution in [0.15, 0.2) is 0 Å². The van der Waals surface area contributed by atoms with E-state index in [1.54, 1.807) is 6.92 Å². The predicted octanol–water partition coefficient (Wildman–Crippen LogP) is -0.565. The highest BCUT2D eigenvalue weighted by molar-refractivity contribution is 4.91. The monoisotopic (exact) mass is 145 g/mol. The molecule has 0 atom stereocenters. The zero-order valence-corrected chi connectivity index (χ0v) is 5.92. The van der Waals surface area contributed by atoms with E-state index >= 15 is 0 Å². The van der Waals surface area contributed by atoms with Crippen LogP contribution in [0.2, 0.25) is 0 Å². The van der Waals surface area contributed by atoms with Crippen molar-refractivity contribution in [1.82, 2.24) is 0 Å². The average molecular weight is 145 g/mol. The first kappa shape index (κ1) is 6.54. The highest BCUT2D eigenvalue weighted by Gasteiger charge is 2.47. The Hall–Kier alpha value is -0.160. The molecule has 3 aliphatic heterocycles. The predicted molar refractivity (Wildman–Crippen MR) is 33.2 cm³/mol. The van der Waals surface area contributed by atoms with Gasteiger partial charge in [-0.3, -0.25) is 0 Å². The largest absolute Gasteiger partial charge is 0.326 e. The van der Waals surface area contributed by atoms with Gasteiger partial charge in [-0.25, -0.2) is 0 Å². The molecule has 4 heteroatoms. The van der Waals surface area contributed by atoms with E-state index < -0.39 is 11.5 Å². The van der Waals surface area contributed by atoms with Gasteiger partial charge in [-0.2, -0.15) is 0 Å². The molecule has 0 unspecified atom stereocenters. The second-order valence-electron chi connectivity index (χ2n) is 3.09. The van der Waals surface area contributed by atoms with Crippen molar-refractivity contribution >= 4 is 0 Å². The fourth-order valence-electron chi connectivity index (χ4n) is 1.07.